The van der Waals surface area contributed by atoms with E-state index < -0.39 is 0 Å². The SMILES string of the molecule is CCCCCCCCCCCCCCCCCCn1cc[n+](CCCCCCCCCCC)c1C(C)C. The molecule has 218 valence electrons. The Bertz CT molecular complexity index is 588. The molecule has 0 saturated heterocycles. The molecule has 0 aromatic carbocycles. The van der Waals surface area contributed by atoms with Gasteiger partial charge in [0.15, 0.2) is 0 Å². The third kappa shape index (κ3) is 19.0. The van der Waals surface area contributed by atoms with Gasteiger partial charge in [0.25, 0.3) is 5.82 Å². The van der Waals surface area contributed by atoms with E-state index in [0.29, 0.717) is 5.92 Å². The monoisotopic (exact) mass is 518 g/mol. The first kappa shape index (κ1) is 34.2. The molecule has 1 aromatic heterocycles. The highest BCUT2D eigenvalue weighted by atomic mass is 15.1. The van der Waals surface area contributed by atoms with E-state index in [1.165, 1.54) is 174 Å². The lowest BCUT2D eigenvalue weighted by molar-refractivity contribution is -0.705. The van der Waals surface area contributed by atoms with Crippen molar-refractivity contribution >= 4 is 0 Å². The largest absolute Gasteiger partial charge is 0.258 e. The minimum atomic E-state index is 0.606. The van der Waals surface area contributed by atoms with Crippen LogP contribution in [0.25, 0.3) is 0 Å². The highest BCUT2D eigenvalue weighted by Gasteiger charge is 2.20. The molecule has 0 bridgehead atoms. The fourth-order valence-corrected chi connectivity index (χ4v) is 5.94. The van der Waals surface area contributed by atoms with Gasteiger partial charge in [-0.3, -0.25) is 0 Å². The molecule has 0 saturated carbocycles. The second kappa shape index (κ2) is 25.5. The number of rotatable bonds is 28. The molecule has 0 fully saturated rings. The van der Waals surface area contributed by atoms with Gasteiger partial charge in [0, 0.05) is 0 Å². The number of aryl methyl sites for hydroxylation is 2. The summed E-state index contributed by atoms with van der Waals surface area (Å²) in [5, 5.41) is 0. The number of aromatic nitrogens is 2. The Labute approximate surface area is 234 Å². The van der Waals surface area contributed by atoms with E-state index in [9.17, 15) is 0 Å². The molecule has 0 atom stereocenters. The lowest BCUT2D eigenvalue weighted by Crippen LogP contribution is -2.38. The Hall–Kier alpha value is -0.790. The van der Waals surface area contributed by atoms with Gasteiger partial charge in [-0.25, -0.2) is 9.13 Å². The first-order valence-corrected chi connectivity index (χ1v) is 17.3. The summed E-state index contributed by atoms with van der Waals surface area (Å²) in [6.45, 7) is 11.8. The van der Waals surface area contributed by atoms with Crippen molar-refractivity contribution in [3.05, 3.63) is 18.2 Å². The summed E-state index contributed by atoms with van der Waals surface area (Å²) in [4.78, 5) is 0. The predicted molar refractivity (Wildman–Crippen MR) is 165 cm³/mol. The van der Waals surface area contributed by atoms with Crippen LogP contribution in [0.4, 0.5) is 0 Å². The predicted octanol–water partition coefficient (Wildman–Crippen LogP) is 11.7. The first-order valence-electron chi connectivity index (χ1n) is 17.3. The quantitative estimate of drug-likeness (QED) is 0.0771. The van der Waals surface area contributed by atoms with Crippen molar-refractivity contribution in [2.75, 3.05) is 0 Å². The first-order chi connectivity index (χ1) is 18.2. The van der Waals surface area contributed by atoms with Crippen LogP contribution in [0.15, 0.2) is 12.4 Å². The second-order valence-electron chi connectivity index (χ2n) is 12.3. The molecule has 0 aliphatic carbocycles. The summed E-state index contributed by atoms with van der Waals surface area (Å²) >= 11 is 0. The van der Waals surface area contributed by atoms with Gasteiger partial charge in [0.2, 0.25) is 0 Å². The fraction of sp³-hybridized carbons (Fsp3) is 0.914. The molecule has 1 aromatic rings. The molecule has 0 amide bonds. The highest BCUT2D eigenvalue weighted by Crippen LogP contribution is 2.16. The molecule has 2 nitrogen and oxygen atoms in total. The van der Waals surface area contributed by atoms with E-state index in [2.05, 4.69) is 49.2 Å². The van der Waals surface area contributed by atoms with Crippen molar-refractivity contribution in [2.45, 2.75) is 207 Å². The number of hydrogen-bond donors (Lipinski definition) is 0. The van der Waals surface area contributed by atoms with E-state index in [-0.39, 0.29) is 0 Å². The zero-order valence-electron chi connectivity index (χ0n) is 26.2. The average molecular weight is 518 g/mol. The van der Waals surface area contributed by atoms with E-state index in [0.717, 1.165) is 0 Å². The van der Waals surface area contributed by atoms with E-state index in [1.54, 1.807) is 5.82 Å². The normalized spacial score (nSPS) is 11.7. The average Bonchev–Trinajstić information content (AvgIpc) is 3.30. The van der Waals surface area contributed by atoms with Crippen LogP contribution in [-0.2, 0) is 13.1 Å². The van der Waals surface area contributed by atoms with Gasteiger partial charge < -0.3 is 0 Å². The van der Waals surface area contributed by atoms with Gasteiger partial charge in [-0.05, 0) is 25.7 Å². The number of hydrogen-bond acceptors (Lipinski definition) is 0. The highest BCUT2D eigenvalue weighted by molar-refractivity contribution is 4.89. The minimum Gasteiger partial charge on any atom is -0.234 e. The van der Waals surface area contributed by atoms with Crippen molar-refractivity contribution in [3.8, 4) is 0 Å². The van der Waals surface area contributed by atoms with Gasteiger partial charge in [-0.2, -0.15) is 0 Å². The third-order valence-electron chi connectivity index (χ3n) is 8.29. The second-order valence-corrected chi connectivity index (χ2v) is 12.3. The molecule has 0 unspecified atom stereocenters. The molecule has 0 radical (unpaired) electrons. The van der Waals surface area contributed by atoms with Gasteiger partial charge in [0.05, 0.1) is 19.0 Å². The number of unbranched alkanes of at least 4 members (excludes halogenated alkanes) is 23. The minimum absolute atomic E-state index is 0.606. The Morgan fingerprint density at radius 3 is 1.24 bits per heavy atom. The van der Waals surface area contributed by atoms with Gasteiger partial charge in [-0.15, -0.1) is 0 Å². The summed E-state index contributed by atoms with van der Waals surface area (Å²) in [7, 11) is 0. The Morgan fingerprint density at radius 2 is 0.865 bits per heavy atom. The van der Waals surface area contributed by atoms with E-state index >= 15 is 0 Å². The molecule has 1 rings (SSSR count). The van der Waals surface area contributed by atoms with Crippen LogP contribution in [0.3, 0.4) is 0 Å². The van der Waals surface area contributed by atoms with Crippen molar-refractivity contribution in [3.63, 3.8) is 0 Å². The van der Waals surface area contributed by atoms with E-state index in [4.69, 9.17) is 0 Å². The lowest BCUT2D eigenvalue weighted by atomic mass is 10.0. The number of nitrogens with zero attached hydrogens (tertiary/aromatic N) is 2. The zero-order chi connectivity index (χ0) is 26.8. The third-order valence-corrected chi connectivity index (χ3v) is 8.29. The Kier molecular flexibility index (Phi) is 23.6. The maximum absolute atomic E-state index is 2.56. The van der Waals surface area contributed by atoms with Crippen LogP contribution in [0.1, 0.15) is 200 Å². The molecule has 37 heavy (non-hydrogen) atoms. The summed E-state index contributed by atoms with van der Waals surface area (Å²) in [5.41, 5.74) is 0. The van der Waals surface area contributed by atoms with Crippen LogP contribution >= 0.6 is 0 Å². The van der Waals surface area contributed by atoms with Crippen LogP contribution < -0.4 is 4.57 Å². The van der Waals surface area contributed by atoms with Crippen molar-refractivity contribution < 1.29 is 4.57 Å². The molecular weight excluding hydrogens is 448 g/mol. The topological polar surface area (TPSA) is 8.81 Å². The van der Waals surface area contributed by atoms with Crippen LogP contribution in [0.2, 0.25) is 0 Å². The molecule has 0 aliphatic rings. The van der Waals surface area contributed by atoms with Crippen molar-refractivity contribution in [1.82, 2.24) is 4.57 Å². The summed E-state index contributed by atoms with van der Waals surface area (Å²) in [6.07, 6.45) is 40.5. The smallest absolute Gasteiger partial charge is 0.234 e. The molecule has 0 spiro atoms. The van der Waals surface area contributed by atoms with Gasteiger partial charge in [0.1, 0.15) is 12.4 Å². The van der Waals surface area contributed by atoms with Crippen molar-refractivity contribution in [2.24, 2.45) is 0 Å². The van der Waals surface area contributed by atoms with Crippen molar-refractivity contribution in [1.29, 1.82) is 0 Å². The maximum Gasteiger partial charge on any atom is 0.258 e. The summed E-state index contributed by atoms with van der Waals surface area (Å²) < 4.78 is 5.11. The molecule has 0 aliphatic heterocycles. The summed E-state index contributed by atoms with van der Waals surface area (Å²) in [5.74, 6) is 2.15. The van der Waals surface area contributed by atoms with Crippen LogP contribution in [0, 0.1) is 0 Å². The van der Waals surface area contributed by atoms with E-state index in [1.807, 2.05) is 0 Å². The van der Waals surface area contributed by atoms with Crippen LogP contribution in [-0.4, -0.2) is 4.57 Å². The fourth-order valence-electron chi connectivity index (χ4n) is 5.94. The molecule has 2 heteroatoms. The molecule has 1 heterocycles. The number of imidazole rings is 1. The van der Waals surface area contributed by atoms with Gasteiger partial charge in [-0.1, -0.05) is 163 Å². The molecular formula is C35H69N2+. The standard InChI is InChI=1S/C35H69N2/c1-5-7-9-11-13-15-16-17-18-19-20-21-23-25-27-29-31-37-33-32-36(35(37)34(3)4)30-28-26-24-22-14-12-10-8-6-2/h32-34H,5-31H2,1-4H3/q+1. The Morgan fingerprint density at radius 1 is 0.514 bits per heavy atom. The van der Waals surface area contributed by atoms with Crippen LogP contribution in [0.5, 0.6) is 0 Å². The lowest BCUT2D eigenvalue weighted by Gasteiger charge is -2.08. The molecule has 0 N–H and O–H groups in total. The Balaban J connectivity index is 2.03. The summed E-state index contributed by atoms with van der Waals surface area (Å²) in [6, 6.07) is 0. The zero-order valence-corrected chi connectivity index (χ0v) is 26.2. The van der Waals surface area contributed by atoms with Gasteiger partial charge >= 0.3 is 0 Å². The maximum atomic E-state index is 2.56.